The van der Waals surface area contributed by atoms with Crippen molar-refractivity contribution >= 4 is 0 Å². The van der Waals surface area contributed by atoms with Gasteiger partial charge < -0.3 is 10.8 Å². The largest absolute Gasteiger partial charge is 0.395 e. The number of hydrogen-bond donors (Lipinski definition) is 2. The fraction of sp³-hybridized carbons (Fsp3) is 0.250. The Labute approximate surface area is 121 Å². The van der Waals surface area contributed by atoms with E-state index in [-0.39, 0.29) is 19.6 Å². The summed E-state index contributed by atoms with van der Waals surface area (Å²) in [5, 5.41) is 9.74. The quantitative estimate of drug-likeness (QED) is 0.890. The summed E-state index contributed by atoms with van der Waals surface area (Å²) in [6.45, 7) is -0.249. The number of benzene rings is 2. The predicted molar refractivity (Wildman–Crippen MR) is 74.3 cm³/mol. The predicted octanol–water partition coefficient (Wildman–Crippen LogP) is 2.54. The van der Waals surface area contributed by atoms with Gasteiger partial charge in [0.15, 0.2) is 0 Å². The number of nitrogens with two attached hydrogens (primary N) is 1. The van der Waals surface area contributed by atoms with Crippen molar-refractivity contribution in [1.29, 1.82) is 0 Å². The highest BCUT2D eigenvalue weighted by Crippen LogP contribution is 2.28. The van der Waals surface area contributed by atoms with Crippen LogP contribution in [0.5, 0.6) is 0 Å². The Bertz CT molecular complexity index is 589. The number of halogens is 3. The highest BCUT2D eigenvalue weighted by atomic mass is 19.1. The molecule has 0 radical (unpaired) electrons. The van der Waals surface area contributed by atoms with Crippen molar-refractivity contribution < 1.29 is 18.3 Å². The molecule has 3 N–H and O–H groups in total. The number of hydrogen-bond acceptors (Lipinski definition) is 2. The van der Waals surface area contributed by atoms with Crippen molar-refractivity contribution in [2.24, 2.45) is 5.73 Å². The van der Waals surface area contributed by atoms with E-state index in [2.05, 4.69) is 0 Å². The molecule has 0 spiro atoms. The Morgan fingerprint density at radius 3 is 1.95 bits per heavy atom. The highest BCUT2D eigenvalue weighted by Gasteiger charge is 2.31. The van der Waals surface area contributed by atoms with E-state index in [1.165, 1.54) is 36.4 Å². The molecular weight excluding hydrogens is 279 g/mol. The summed E-state index contributed by atoms with van der Waals surface area (Å²) in [5.74, 6) is -1.78. The summed E-state index contributed by atoms with van der Waals surface area (Å²) in [6.07, 6.45) is 0.153. The third kappa shape index (κ3) is 3.43. The van der Waals surface area contributed by atoms with Crippen LogP contribution in [0.25, 0.3) is 0 Å². The van der Waals surface area contributed by atoms with Crippen LogP contribution in [0.1, 0.15) is 11.1 Å². The molecule has 21 heavy (non-hydrogen) atoms. The number of aliphatic hydroxyl groups is 1. The summed E-state index contributed by atoms with van der Waals surface area (Å²) < 4.78 is 39.6. The monoisotopic (exact) mass is 295 g/mol. The first-order chi connectivity index (χ1) is 9.99. The number of aliphatic hydroxyl groups excluding tert-OH is 1. The smallest absolute Gasteiger partial charge is 0.126 e. The van der Waals surface area contributed by atoms with Gasteiger partial charge in [0.2, 0.25) is 0 Å². The van der Waals surface area contributed by atoms with E-state index in [1.807, 2.05) is 0 Å². The van der Waals surface area contributed by atoms with Gasteiger partial charge in [0, 0.05) is 18.0 Å². The summed E-state index contributed by atoms with van der Waals surface area (Å²) in [4.78, 5) is 0. The molecular formula is C16H16F3NO. The fourth-order valence-electron chi connectivity index (χ4n) is 2.41. The van der Waals surface area contributed by atoms with Gasteiger partial charge in [0.1, 0.15) is 17.5 Å². The van der Waals surface area contributed by atoms with Gasteiger partial charge >= 0.3 is 0 Å². The zero-order chi connectivity index (χ0) is 15.5. The van der Waals surface area contributed by atoms with Crippen LogP contribution in [0, 0.1) is 17.5 Å². The van der Waals surface area contributed by atoms with Crippen molar-refractivity contribution in [2.45, 2.75) is 11.8 Å². The van der Waals surface area contributed by atoms with E-state index in [0.717, 1.165) is 6.07 Å². The topological polar surface area (TPSA) is 46.2 Å². The molecule has 0 bridgehead atoms. The van der Waals surface area contributed by atoms with Gasteiger partial charge in [-0.1, -0.05) is 12.1 Å². The maximum Gasteiger partial charge on any atom is 0.126 e. The van der Waals surface area contributed by atoms with Crippen molar-refractivity contribution in [3.8, 4) is 0 Å². The Hall–Kier alpha value is -1.85. The third-order valence-corrected chi connectivity index (χ3v) is 3.61. The Morgan fingerprint density at radius 2 is 1.48 bits per heavy atom. The molecule has 0 saturated carbocycles. The van der Waals surface area contributed by atoms with Crippen LogP contribution in [0.4, 0.5) is 13.2 Å². The zero-order valence-electron chi connectivity index (χ0n) is 11.3. The fourth-order valence-corrected chi connectivity index (χ4v) is 2.41. The van der Waals surface area contributed by atoms with Gasteiger partial charge in [-0.05, 0) is 41.8 Å². The molecule has 2 rings (SSSR count). The van der Waals surface area contributed by atoms with Gasteiger partial charge in [0.05, 0.1) is 6.61 Å². The SMILES string of the molecule is NCC(CO)(Cc1cc(F)cc(F)c1)c1ccc(F)cc1. The molecule has 0 aromatic heterocycles. The maximum atomic E-state index is 13.3. The summed E-state index contributed by atoms with van der Waals surface area (Å²) in [7, 11) is 0. The van der Waals surface area contributed by atoms with Crippen molar-refractivity contribution in [3.05, 3.63) is 71.0 Å². The second-order valence-electron chi connectivity index (χ2n) is 5.10. The molecule has 0 aliphatic carbocycles. The number of rotatable bonds is 5. The second-order valence-corrected chi connectivity index (χ2v) is 5.10. The van der Waals surface area contributed by atoms with E-state index in [4.69, 9.17) is 5.73 Å². The van der Waals surface area contributed by atoms with E-state index < -0.39 is 22.9 Å². The van der Waals surface area contributed by atoms with Crippen LogP contribution in [0.15, 0.2) is 42.5 Å². The first-order valence-corrected chi connectivity index (χ1v) is 6.51. The van der Waals surface area contributed by atoms with Gasteiger partial charge in [-0.2, -0.15) is 0 Å². The third-order valence-electron chi connectivity index (χ3n) is 3.61. The van der Waals surface area contributed by atoms with Crippen LogP contribution < -0.4 is 5.73 Å². The summed E-state index contributed by atoms with van der Waals surface area (Å²) in [5.41, 5.74) is 5.87. The van der Waals surface area contributed by atoms with E-state index in [1.54, 1.807) is 0 Å². The Kier molecular flexibility index (Phi) is 4.65. The van der Waals surface area contributed by atoms with Crippen LogP contribution in [-0.4, -0.2) is 18.3 Å². The Morgan fingerprint density at radius 1 is 0.905 bits per heavy atom. The molecule has 0 saturated heterocycles. The standard InChI is InChI=1S/C16H16F3NO/c17-13-3-1-12(2-4-13)16(9-20,10-21)8-11-5-14(18)7-15(19)6-11/h1-7,21H,8-10,20H2. The minimum absolute atomic E-state index is 0.0628. The minimum atomic E-state index is -0.909. The molecule has 112 valence electrons. The first kappa shape index (κ1) is 15.5. The van der Waals surface area contributed by atoms with E-state index >= 15 is 0 Å². The first-order valence-electron chi connectivity index (χ1n) is 6.51. The van der Waals surface area contributed by atoms with Crippen LogP contribution in [0.3, 0.4) is 0 Å². The van der Waals surface area contributed by atoms with Crippen molar-refractivity contribution in [1.82, 2.24) is 0 Å². The Balaban J connectivity index is 2.40. The molecule has 0 fully saturated rings. The molecule has 0 aliphatic rings. The van der Waals surface area contributed by atoms with Crippen LogP contribution >= 0.6 is 0 Å². The molecule has 2 nitrogen and oxygen atoms in total. The lowest BCUT2D eigenvalue weighted by molar-refractivity contribution is 0.196. The zero-order valence-corrected chi connectivity index (χ0v) is 11.3. The second kappa shape index (κ2) is 6.28. The summed E-state index contributed by atoms with van der Waals surface area (Å²) >= 11 is 0. The lowest BCUT2D eigenvalue weighted by Gasteiger charge is -2.31. The lowest BCUT2D eigenvalue weighted by Crippen LogP contribution is -2.41. The molecule has 0 aliphatic heterocycles. The minimum Gasteiger partial charge on any atom is -0.395 e. The molecule has 5 heteroatoms. The van der Waals surface area contributed by atoms with Crippen LogP contribution in [-0.2, 0) is 11.8 Å². The van der Waals surface area contributed by atoms with Crippen LogP contribution in [0.2, 0.25) is 0 Å². The van der Waals surface area contributed by atoms with E-state index in [0.29, 0.717) is 11.1 Å². The molecule has 1 atom stereocenters. The average Bonchev–Trinajstić information content (AvgIpc) is 2.45. The molecule has 0 heterocycles. The van der Waals surface area contributed by atoms with Gasteiger partial charge in [-0.25, -0.2) is 13.2 Å². The van der Waals surface area contributed by atoms with Gasteiger partial charge in [-0.15, -0.1) is 0 Å². The summed E-state index contributed by atoms with van der Waals surface area (Å²) in [6, 6.07) is 8.76. The average molecular weight is 295 g/mol. The molecule has 0 amide bonds. The van der Waals surface area contributed by atoms with E-state index in [9.17, 15) is 18.3 Å². The molecule has 1 unspecified atom stereocenters. The van der Waals surface area contributed by atoms with Gasteiger partial charge in [-0.3, -0.25) is 0 Å². The van der Waals surface area contributed by atoms with Crippen molar-refractivity contribution in [2.75, 3.05) is 13.2 Å². The lowest BCUT2D eigenvalue weighted by atomic mass is 9.76. The molecule has 2 aromatic carbocycles. The van der Waals surface area contributed by atoms with Gasteiger partial charge in [0.25, 0.3) is 0 Å². The molecule has 2 aromatic rings. The normalized spacial score (nSPS) is 14.0. The maximum absolute atomic E-state index is 13.3. The highest BCUT2D eigenvalue weighted by molar-refractivity contribution is 5.31. The van der Waals surface area contributed by atoms with Crippen molar-refractivity contribution in [3.63, 3.8) is 0 Å².